The van der Waals surface area contributed by atoms with Crippen molar-refractivity contribution in [1.82, 2.24) is 0 Å². The molecule has 0 aromatic heterocycles. The van der Waals surface area contributed by atoms with Gasteiger partial charge in [0.25, 0.3) is 0 Å². The number of aliphatic imine (C=N–C) groups is 1. The minimum Gasteiger partial charge on any atom is -0.386 e. The van der Waals surface area contributed by atoms with E-state index in [2.05, 4.69) is 4.99 Å². The second-order valence-electron chi connectivity index (χ2n) is 1.98. The van der Waals surface area contributed by atoms with Crippen LogP contribution in [0.2, 0.25) is 0 Å². The predicted octanol–water partition coefficient (Wildman–Crippen LogP) is 2.64. The highest BCUT2D eigenvalue weighted by Gasteiger charge is 2.02. The molecule has 5 heteroatoms. The summed E-state index contributed by atoms with van der Waals surface area (Å²) in [5.41, 5.74) is 5.40. The summed E-state index contributed by atoms with van der Waals surface area (Å²) in [5.74, 6) is 0.261. The summed E-state index contributed by atoms with van der Waals surface area (Å²) in [6.07, 6.45) is 0. The molecule has 0 rings (SSSR count). The van der Waals surface area contributed by atoms with Crippen molar-refractivity contribution in [3.05, 3.63) is 10.2 Å². The Morgan fingerprint density at radius 1 is 1.45 bits per heavy atom. The van der Waals surface area contributed by atoms with Crippen molar-refractivity contribution in [2.75, 3.05) is 0 Å². The molecule has 0 aromatic carbocycles. The highest BCUT2D eigenvalue weighted by molar-refractivity contribution is 6.39. The zero-order chi connectivity index (χ0) is 9.02. The van der Waals surface area contributed by atoms with Crippen LogP contribution in [0.4, 0.5) is 0 Å². The second kappa shape index (κ2) is 4.86. The molecule has 0 heterocycles. The zero-order valence-electron chi connectivity index (χ0n) is 6.24. The molecule has 2 nitrogen and oxygen atoms in total. The number of hydrogen-bond donors (Lipinski definition) is 1. The lowest BCUT2D eigenvalue weighted by atomic mass is 10.4. The number of amidine groups is 1. The van der Waals surface area contributed by atoms with Gasteiger partial charge in [0.1, 0.15) is 11.0 Å². The molecule has 0 aliphatic carbocycles. The van der Waals surface area contributed by atoms with Gasteiger partial charge in [-0.1, -0.05) is 23.2 Å². The van der Waals surface area contributed by atoms with Crippen molar-refractivity contribution < 1.29 is 0 Å². The first-order valence-electron chi connectivity index (χ1n) is 2.95. The van der Waals surface area contributed by atoms with Crippen LogP contribution < -0.4 is 5.73 Å². The molecule has 0 spiro atoms. The largest absolute Gasteiger partial charge is 0.386 e. The molecule has 0 radical (unpaired) electrons. The number of halogens is 3. The van der Waals surface area contributed by atoms with E-state index in [0.717, 1.165) is 0 Å². The van der Waals surface area contributed by atoms with E-state index in [9.17, 15) is 0 Å². The smallest absolute Gasteiger partial charge is 0.145 e. The molecule has 0 aliphatic rings. The van der Waals surface area contributed by atoms with E-state index >= 15 is 0 Å². The van der Waals surface area contributed by atoms with Crippen LogP contribution in [0.5, 0.6) is 0 Å². The van der Waals surface area contributed by atoms with Gasteiger partial charge in [-0.25, -0.2) is 4.99 Å². The van der Waals surface area contributed by atoms with Gasteiger partial charge >= 0.3 is 0 Å². The van der Waals surface area contributed by atoms with E-state index < -0.39 is 0 Å². The van der Waals surface area contributed by atoms with Crippen molar-refractivity contribution in [2.24, 2.45) is 10.7 Å². The molecule has 1 unspecified atom stereocenters. The van der Waals surface area contributed by atoms with Crippen molar-refractivity contribution in [2.45, 2.75) is 19.2 Å². The molecule has 11 heavy (non-hydrogen) atoms. The van der Waals surface area contributed by atoms with E-state index in [1.807, 2.05) is 0 Å². The summed E-state index contributed by atoms with van der Waals surface area (Å²) in [4.78, 5) is 3.75. The maximum Gasteiger partial charge on any atom is 0.145 e. The van der Waals surface area contributed by atoms with Gasteiger partial charge < -0.3 is 5.73 Å². The first-order chi connectivity index (χ1) is 4.95. The van der Waals surface area contributed by atoms with Crippen LogP contribution >= 0.6 is 34.8 Å². The number of nitrogens with two attached hydrogens (primary N) is 1. The molecule has 0 fully saturated rings. The number of allylic oxidation sites excluding steroid dienone is 1. The predicted molar refractivity (Wildman–Crippen MR) is 51.3 cm³/mol. The highest BCUT2D eigenvalue weighted by Crippen LogP contribution is 2.14. The van der Waals surface area contributed by atoms with Gasteiger partial charge in [-0.05, 0) is 13.8 Å². The van der Waals surface area contributed by atoms with E-state index in [-0.39, 0.29) is 16.4 Å². The van der Waals surface area contributed by atoms with E-state index in [4.69, 9.17) is 40.5 Å². The third kappa shape index (κ3) is 4.51. The molecule has 0 bridgehead atoms. The van der Waals surface area contributed by atoms with Gasteiger partial charge in [-0.3, -0.25) is 0 Å². The van der Waals surface area contributed by atoms with Gasteiger partial charge in [0.05, 0.1) is 10.4 Å². The standard InChI is InChI=1S/C6H9Cl3N2/c1-3(7)5(9)11-6(10)4(2)8/h4H,1-2H3,(H2,10,11)/b5-3-. The van der Waals surface area contributed by atoms with Crippen LogP contribution in [-0.4, -0.2) is 11.2 Å². The normalized spacial score (nSPS) is 17.7. The summed E-state index contributed by atoms with van der Waals surface area (Å²) in [6.45, 7) is 3.33. The van der Waals surface area contributed by atoms with Crippen LogP contribution in [0.25, 0.3) is 0 Å². The second-order valence-corrected chi connectivity index (χ2v) is 3.56. The lowest BCUT2D eigenvalue weighted by molar-refractivity contribution is 1.23. The van der Waals surface area contributed by atoms with Crippen molar-refractivity contribution in [3.63, 3.8) is 0 Å². The van der Waals surface area contributed by atoms with Gasteiger partial charge in [0, 0.05) is 0 Å². The molecule has 0 amide bonds. The Morgan fingerprint density at radius 3 is 2.18 bits per heavy atom. The fourth-order valence-corrected chi connectivity index (χ4v) is 0.468. The first-order valence-corrected chi connectivity index (χ1v) is 4.14. The molecule has 1 atom stereocenters. The fourth-order valence-electron chi connectivity index (χ4n) is 0.279. The Bertz CT molecular complexity index is 192. The minimum absolute atomic E-state index is 0.177. The maximum absolute atomic E-state index is 5.60. The molecule has 0 aromatic rings. The van der Waals surface area contributed by atoms with Crippen molar-refractivity contribution in [1.29, 1.82) is 0 Å². The number of nitrogens with zero attached hydrogens (tertiary/aromatic N) is 1. The quantitative estimate of drug-likeness (QED) is 0.327. The topological polar surface area (TPSA) is 38.4 Å². The van der Waals surface area contributed by atoms with Crippen molar-refractivity contribution >= 4 is 40.6 Å². The Kier molecular flexibility index (Phi) is 4.89. The molecule has 2 N–H and O–H groups in total. The lowest BCUT2D eigenvalue weighted by Gasteiger charge is -2.00. The van der Waals surface area contributed by atoms with E-state index in [1.165, 1.54) is 0 Å². The monoisotopic (exact) mass is 214 g/mol. The molecule has 0 aliphatic heterocycles. The average Bonchev–Trinajstić information content (AvgIpc) is 1.87. The fraction of sp³-hybridized carbons (Fsp3) is 0.500. The number of hydrogen-bond acceptors (Lipinski definition) is 1. The Morgan fingerprint density at radius 2 is 1.91 bits per heavy atom. The highest BCUT2D eigenvalue weighted by atomic mass is 35.5. The van der Waals surface area contributed by atoms with Crippen molar-refractivity contribution in [3.8, 4) is 0 Å². The SMILES string of the molecule is C/C(Cl)=C(Cl)/N=C(\N)C(C)Cl. The molecular weight excluding hydrogens is 206 g/mol. The molecule has 64 valence electrons. The van der Waals surface area contributed by atoms with Crippen LogP contribution in [0.15, 0.2) is 15.2 Å². The summed E-state index contributed by atoms with van der Waals surface area (Å²) in [6, 6.07) is 0. The summed E-state index contributed by atoms with van der Waals surface area (Å²) in [7, 11) is 0. The zero-order valence-corrected chi connectivity index (χ0v) is 8.50. The van der Waals surface area contributed by atoms with Gasteiger partial charge in [0.2, 0.25) is 0 Å². The summed E-state index contributed by atoms with van der Waals surface area (Å²) < 4.78 is 0. The van der Waals surface area contributed by atoms with Crippen LogP contribution in [-0.2, 0) is 0 Å². The number of rotatable bonds is 2. The van der Waals surface area contributed by atoms with Gasteiger partial charge in [-0.15, -0.1) is 11.6 Å². The van der Waals surface area contributed by atoms with Crippen LogP contribution in [0.3, 0.4) is 0 Å². The Balaban J connectivity index is 4.44. The van der Waals surface area contributed by atoms with Gasteiger partial charge in [0.15, 0.2) is 0 Å². The molecule has 0 saturated carbocycles. The summed E-state index contributed by atoms with van der Waals surface area (Å²) >= 11 is 16.7. The summed E-state index contributed by atoms with van der Waals surface area (Å²) in [5, 5.41) is 0.239. The van der Waals surface area contributed by atoms with Crippen LogP contribution in [0.1, 0.15) is 13.8 Å². The first kappa shape index (κ1) is 11.1. The van der Waals surface area contributed by atoms with E-state index in [0.29, 0.717) is 5.03 Å². The Labute approximate surface area is 81.0 Å². The lowest BCUT2D eigenvalue weighted by Crippen LogP contribution is -2.21. The molecule has 0 saturated heterocycles. The Hall–Kier alpha value is 0.0800. The molecular formula is C6H9Cl3N2. The number of alkyl halides is 1. The van der Waals surface area contributed by atoms with E-state index in [1.54, 1.807) is 13.8 Å². The third-order valence-corrected chi connectivity index (χ3v) is 1.79. The van der Waals surface area contributed by atoms with Crippen LogP contribution in [0, 0.1) is 0 Å². The van der Waals surface area contributed by atoms with Gasteiger partial charge in [-0.2, -0.15) is 0 Å². The maximum atomic E-state index is 5.60. The average molecular weight is 216 g/mol. The minimum atomic E-state index is -0.334. The third-order valence-electron chi connectivity index (χ3n) is 0.919.